The zero-order valence-corrected chi connectivity index (χ0v) is 8.42. The highest BCUT2D eigenvalue weighted by atomic mass is 35.5. The molecule has 0 aliphatic carbocycles. The number of rotatable bonds is 5. The van der Waals surface area contributed by atoms with Crippen molar-refractivity contribution in [1.82, 2.24) is 5.32 Å². The van der Waals surface area contributed by atoms with Crippen LogP contribution in [0.25, 0.3) is 0 Å². The average molecular weight is 220 g/mol. The smallest absolute Gasteiger partial charge is 0.267 e. The van der Waals surface area contributed by atoms with Crippen molar-refractivity contribution < 1.29 is 9.90 Å². The van der Waals surface area contributed by atoms with Crippen molar-refractivity contribution in [3.05, 3.63) is 23.0 Å². The van der Waals surface area contributed by atoms with E-state index >= 15 is 0 Å². The molecule has 0 aromatic carbocycles. The van der Waals surface area contributed by atoms with Gasteiger partial charge in [0.15, 0.2) is 0 Å². The van der Waals surface area contributed by atoms with E-state index < -0.39 is 5.91 Å². The summed E-state index contributed by atoms with van der Waals surface area (Å²) in [6.45, 7) is 0.405. The Hall–Kier alpha value is -1.20. The third kappa shape index (κ3) is 6.33. The van der Waals surface area contributed by atoms with Gasteiger partial charge in [-0.15, -0.1) is 0 Å². The number of carbonyl (C=O) groups is 1. The van der Waals surface area contributed by atoms with E-state index in [0.717, 1.165) is 0 Å². The monoisotopic (exact) mass is 219 g/mol. The van der Waals surface area contributed by atoms with Crippen molar-refractivity contribution in [2.75, 3.05) is 13.2 Å². The van der Waals surface area contributed by atoms with Gasteiger partial charge in [-0.3, -0.25) is 4.79 Å². The van der Waals surface area contributed by atoms with Crippen molar-refractivity contribution in [2.24, 2.45) is 11.5 Å². The second-order valence-electron chi connectivity index (χ2n) is 2.51. The Bertz CT molecular complexity index is 247. The Morgan fingerprint density at radius 3 is 2.57 bits per heavy atom. The SMILES string of the molecule is N/C(=C\C=C(/N)Cl)C(=O)NCCCO. The third-order valence-corrected chi connectivity index (χ3v) is 1.43. The van der Waals surface area contributed by atoms with Gasteiger partial charge >= 0.3 is 0 Å². The fraction of sp³-hybridized carbons (Fsp3) is 0.375. The van der Waals surface area contributed by atoms with Gasteiger partial charge in [0.1, 0.15) is 0 Å². The van der Waals surface area contributed by atoms with Gasteiger partial charge in [0.2, 0.25) is 0 Å². The Kier molecular flexibility index (Phi) is 6.61. The first-order valence-corrected chi connectivity index (χ1v) is 4.43. The van der Waals surface area contributed by atoms with E-state index in [0.29, 0.717) is 13.0 Å². The Morgan fingerprint density at radius 1 is 1.43 bits per heavy atom. The lowest BCUT2D eigenvalue weighted by atomic mass is 10.3. The Labute approximate surface area is 87.4 Å². The summed E-state index contributed by atoms with van der Waals surface area (Å²) in [4.78, 5) is 11.1. The lowest BCUT2D eigenvalue weighted by Crippen LogP contribution is -2.29. The predicted octanol–water partition coefficient (Wildman–Crippen LogP) is -0.634. The van der Waals surface area contributed by atoms with Crippen LogP contribution in [0.15, 0.2) is 23.0 Å². The van der Waals surface area contributed by atoms with Crippen molar-refractivity contribution in [2.45, 2.75) is 6.42 Å². The van der Waals surface area contributed by atoms with E-state index in [1.807, 2.05) is 0 Å². The zero-order chi connectivity index (χ0) is 11.0. The molecule has 0 aliphatic heterocycles. The maximum absolute atomic E-state index is 11.1. The van der Waals surface area contributed by atoms with E-state index in [4.69, 9.17) is 28.2 Å². The largest absolute Gasteiger partial charge is 0.396 e. The summed E-state index contributed by atoms with van der Waals surface area (Å²) in [5.74, 6) is -0.410. The summed E-state index contributed by atoms with van der Waals surface area (Å²) in [6.07, 6.45) is 3.13. The predicted molar refractivity (Wildman–Crippen MR) is 55.1 cm³/mol. The van der Waals surface area contributed by atoms with Crippen molar-refractivity contribution >= 4 is 17.5 Å². The van der Waals surface area contributed by atoms with Crippen LogP contribution < -0.4 is 16.8 Å². The number of nitrogens with two attached hydrogens (primary N) is 2. The van der Waals surface area contributed by atoms with E-state index in [-0.39, 0.29) is 17.5 Å². The Balaban J connectivity index is 3.99. The highest BCUT2D eigenvalue weighted by Gasteiger charge is 2.01. The van der Waals surface area contributed by atoms with Crippen LogP contribution in [0, 0.1) is 0 Å². The molecule has 0 radical (unpaired) electrons. The first kappa shape index (κ1) is 12.8. The fourth-order valence-electron chi connectivity index (χ4n) is 0.628. The molecule has 0 atom stereocenters. The van der Waals surface area contributed by atoms with Crippen LogP contribution in [-0.4, -0.2) is 24.2 Å². The molecule has 1 amide bonds. The molecule has 14 heavy (non-hydrogen) atoms. The maximum atomic E-state index is 11.1. The summed E-state index contributed by atoms with van der Waals surface area (Å²) in [7, 11) is 0. The molecule has 0 aromatic rings. The highest BCUT2D eigenvalue weighted by molar-refractivity contribution is 6.29. The maximum Gasteiger partial charge on any atom is 0.267 e. The summed E-state index contributed by atoms with van der Waals surface area (Å²) in [6, 6.07) is 0. The minimum Gasteiger partial charge on any atom is -0.396 e. The van der Waals surface area contributed by atoms with Gasteiger partial charge < -0.3 is 21.9 Å². The molecule has 0 rings (SSSR count). The number of amides is 1. The van der Waals surface area contributed by atoms with Crippen LogP contribution >= 0.6 is 11.6 Å². The average Bonchev–Trinajstić information content (AvgIpc) is 2.14. The normalized spacial score (nSPS) is 12.7. The third-order valence-electron chi connectivity index (χ3n) is 1.30. The summed E-state index contributed by atoms with van der Waals surface area (Å²) < 4.78 is 0. The molecule has 0 heterocycles. The number of hydrogen-bond donors (Lipinski definition) is 4. The van der Waals surface area contributed by atoms with E-state index in [9.17, 15) is 4.79 Å². The second kappa shape index (κ2) is 7.23. The molecule has 0 fully saturated rings. The van der Waals surface area contributed by atoms with E-state index in [2.05, 4.69) is 5.32 Å². The van der Waals surface area contributed by atoms with E-state index in [1.54, 1.807) is 0 Å². The summed E-state index contributed by atoms with van der Waals surface area (Å²) in [5.41, 5.74) is 10.5. The van der Waals surface area contributed by atoms with Gasteiger partial charge in [0.25, 0.3) is 5.91 Å². The van der Waals surface area contributed by atoms with Crippen LogP contribution in [0.2, 0.25) is 0 Å². The molecule has 0 aliphatic rings. The molecular weight excluding hydrogens is 206 g/mol. The molecule has 6 N–H and O–H groups in total. The van der Waals surface area contributed by atoms with Crippen LogP contribution in [0.5, 0.6) is 0 Å². The molecule has 0 spiro atoms. The van der Waals surface area contributed by atoms with Crippen LogP contribution in [0.3, 0.4) is 0 Å². The minimum absolute atomic E-state index is 0.0199. The van der Waals surface area contributed by atoms with Crippen LogP contribution in [0.4, 0.5) is 0 Å². The van der Waals surface area contributed by atoms with Gasteiger partial charge in [-0.1, -0.05) is 11.6 Å². The van der Waals surface area contributed by atoms with Gasteiger partial charge in [-0.05, 0) is 18.6 Å². The van der Waals surface area contributed by atoms with Crippen molar-refractivity contribution in [3.63, 3.8) is 0 Å². The Morgan fingerprint density at radius 2 is 2.07 bits per heavy atom. The van der Waals surface area contributed by atoms with Gasteiger partial charge in [0, 0.05) is 13.2 Å². The van der Waals surface area contributed by atoms with Gasteiger partial charge in [0.05, 0.1) is 10.9 Å². The topological polar surface area (TPSA) is 101 Å². The minimum atomic E-state index is -0.410. The first-order valence-electron chi connectivity index (χ1n) is 4.05. The lowest BCUT2D eigenvalue weighted by Gasteiger charge is -2.02. The fourth-order valence-corrected chi connectivity index (χ4v) is 0.691. The molecule has 0 aromatic heterocycles. The highest BCUT2D eigenvalue weighted by Crippen LogP contribution is 1.92. The number of hydrogen-bond acceptors (Lipinski definition) is 4. The standard InChI is InChI=1S/C8H14ClN3O2/c9-7(11)3-2-6(10)8(14)12-4-1-5-13/h2-3,13H,1,4-5,10-11H2,(H,12,14)/b6-2-,7-3-. The molecule has 0 bridgehead atoms. The second-order valence-corrected chi connectivity index (χ2v) is 2.94. The summed E-state index contributed by atoms with van der Waals surface area (Å²) >= 11 is 5.33. The molecule has 6 heteroatoms. The number of aliphatic hydroxyl groups is 1. The number of carbonyl (C=O) groups excluding carboxylic acids is 1. The van der Waals surface area contributed by atoms with E-state index in [1.165, 1.54) is 12.2 Å². The molecule has 0 unspecified atom stereocenters. The van der Waals surface area contributed by atoms with Crippen LogP contribution in [-0.2, 0) is 4.79 Å². The van der Waals surface area contributed by atoms with Crippen LogP contribution in [0.1, 0.15) is 6.42 Å². The number of allylic oxidation sites excluding steroid dienone is 2. The number of aliphatic hydroxyl groups excluding tert-OH is 1. The van der Waals surface area contributed by atoms with Crippen molar-refractivity contribution in [1.29, 1.82) is 0 Å². The molecule has 0 saturated carbocycles. The van der Waals surface area contributed by atoms with Gasteiger partial charge in [-0.2, -0.15) is 0 Å². The molecule has 80 valence electrons. The molecular formula is C8H14ClN3O2. The number of nitrogens with one attached hydrogen (secondary N) is 1. The van der Waals surface area contributed by atoms with Crippen molar-refractivity contribution in [3.8, 4) is 0 Å². The molecule has 5 nitrogen and oxygen atoms in total. The molecule has 0 saturated heterocycles. The lowest BCUT2D eigenvalue weighted by molar-refractivity contribution is -0.117. The first-order chi connectivity index (χ1) is 6.57. The zero-order valence-electron chi connectivity index (χ0n) is 7.66. The number of halogens is 1. The summed E-state index contributed by atoms with van der Waals surface area (Å²) in [5, 5.41) is 11.0. The van der Waals surface area contributed by atoms with Gasteiger partial charge in [-0.25, -0.2) is 0 Å². The quantitative estimate of drug-likeness (QED) is 0.214.